The van der Waals surface area contributed by atoms with Gasteiger partial charge < -0.3 is 19.5 Å². The number of anilines is 1. The summed E-state index contributed by atoms with van der Waals surface area (Å²) >= 11 is 0. The molecule has 0 unspecified atom stereocenters. The molecule has 0 spiro atoms. The summed E-state index contributed by atoms with van der Waals surface area (Å²) in [4.78, 5) is 22.1. The molecular formula is C17H18FN3O4. The Morgan fingerprint density at radius 1 is 1.28 bits per heavy atom. The first-order chi connectivity index (χ1) is 12.0. The summed E-state index contributed by atoms with van der Waals surface area (Å²) in [6.07, 6.45) is 3.53. The van der Waals surface area contributed by atoms with E-state index in [-0.39, 0.29) is 18.6 Å². The molecule has 1 aromatic heterocycles. The van der Waals surface area contributed by atoms with Crippen molar-refractivity contribution in [1.29, 1.82) is 0 Å². The number of carboxylic acids is 1. The standard InChI is InChI=1S/C17H18FN3O4/c1-24-15-14(19-7-8-20-15)21-9-5-17(6-10-21,16(22)23)25-13-4-2-3-12(18)11-13/h2-4,7-8,11H,5-6,9-10H2,1H3,(H,22,23). The molecule has 0 saturated carbocycles. The van der Waals surface area contributed by atoms with Gasteiger partial charge in [0, 0.05) is 44.4 Å². The number of halogens is 1. The summed E-state index contributed by atoms with van der Waals surface area (Å²) in [7, 11) is 1.51. The monoisotopic (exact) mass is 347 g/mol. The van der Waals surface area contributed by atoms with Crippen LogP contribution in [0.4, 0.5) is 10.2 Å². The molecule has 7 nitrogen and oxygen atoms in total. The molecule has 1 N–H and O–H groups in total. The lowest BCUT2D eigenvalue weighted by atomic mass is 9.91. The second-order valence-corrected chi connectivity index (χ2v) is 5.74. The minimum atomic E-state index is -1.40. The molecular weight excluding hydrogens is 329 g/mol. The van der Waals surface area contributed by atoms with Gasteiger partial charge in [-0.3, -0.25) is 0 Å². The van der Waals surface area contributed by atoms with E-state index < -0.39 is 17.4 Å². The van der Waals surface area contributed by atoms with E-state index in [0.29, 0.717) is 24.8 Å². The van der Waals surface area contributed by atoms with Gasteiger partial charge >= 0.3 is 5.97 Å². The lowest BCUT2D eigenvalue weighted by molar-refractivity contribution is -0.157. The van der Waals surface area contributed by atoms with Crippen molar-refractivity contribution < 1.29 is 23.8 Å². The Labute approximate surface area is 144 Å². The van der Waals surface area contributed by atoms with Crippen molar-refractivity contribution in [3.8, 4) is 11.6 Å². The third-order valence-corrected chi connectivity index (χ3v) is 4.21. The van der Waals surface area contributed by atoms with Gasteiger partial charge in [0.2, 0.25) is 5.60 Å². The van der Waals surface area contributed by atoms with Crippen LogP contribution in [-0.4, -0.2) is 46.8 Å². The van der Waals surface area contributed by atoms with E-state index >= 15 is 0 Å². The quantitative estimate of drug-likeness (QED) is 0.887. The highest BCUT2D eigenvalue weighted by atomic mass is 19.1. The van der Waals surface area contributed by atoms with Gasteiger partial charge in [-0.2, -0.15) is 0 Å². The fourth-order valence-electron chi connectivity index (χ4n) is 2.87. The summed E-state index contributed by atoms with van der Waals surface area (Å²) in [5, 5.41) is 9.69. The molecule has 132 valence electrons. The predicted molar refractivity (Wildman–Crippen MR) is 87.4 cm³/mol. The molecule has 2 aromatic rings. The van der Waals surface area contributed by atoms with E-state index in [2.05, 4.69) is 9.97 Å². The van der Waals surface area contributed by atoms with Gasteiger partial charge in [-0.15, -0.1) is 0 Å². The van der Waals surface area contributed by atoms with E-state index in [1.54, 1.807) is 12.3 Å². The summed E-state index contributed by atoms with van der Waals surface area (Å²) in [5.74, 6) is -0.388. The number of carbonyl (C=O) groups is 1. The molecule has 8 heteroatoms. The second kappa shape index (κ2) is 6.92. The van der Waals surface area contributed by atoms with E-state index in [1.807, 2.05) is 4.90 Å². The molecule has 2 heterocycles. The maximum atomic E-state index is 13.3. The zero-order chi connectivity index (χ0) is 17.9. The smallest absolute Gasteiger partial charge is 0.348 e. The van der Waals surface area contributed by atoms with Crippen LogP contribution in [0.15, 0.2) is 36.7 Å². The number of aliphatic carboxylic acids is 1. The fraction of sp³-hybridized carbons (Fsp3) is 0.353. The third-order valence-electron chi connectivity index (χ3n) is 4.21. The molecule has 1 aromatic carbocycles. The average Bonchev–Trinajstić information content (AvgIpc) is 2.62. The highest BCUT2D eigenvalue weighted by Crippen LogP contribution is 2.33. The first-order valence-corrected chi connectivity index (χ1v) is 7.82. The Bertz CT molecular complexity index is 763. The van der Waals surface area contributed by atoms with Crippen LogP contribution in [0.1, 0.15) is 12.8 Å². The zero-order valence-electron chi connectivity index (χ0n) is 13.7. The molecule has 1 aliphatic heterocycles. The van der Waals surface area contributed by atoms with Gasteiger partial charge in [-0.25, -0.2) is 19.2 Å². The Kier molecular flexibility index (Phi) is 4.69. The van der Waals surface area contributed by atoms with Crippen LogP contribution in [0.25, 0.3) is 0 Å². The normalized spacial score (nSPS) is 16.3. The molecule has 1 aliphatic rings. The Hall–Kier alpha value is -2.90. The first-order valence-electron chi connectivity index (χ1n) is 7.82. The van der Waals surface area contributed by atoms with E-state index in [0.717, 1.165) is 0 Å². The Morgan fingerprint density at radius 3 is 2.64 bits per heavy atom. The third kappa shape index (κ3) is 3.47. The van der Waals surface area contributed by atoms with E-state index in [1.165, 1.54) is 31.5 Å². The van der Waals surface area contributed by atoms with Crippen LogP contribution in [-0.2, 0) is 4.79 Å². The predicted octanol–water partition coefficient (Wildman–Crippen LogP) is 2.13. The van der Waals surface area contributed by atoms with Gasteiger partial charge in [0.05, 0.1) is 7.11 Å². The lowest BCUT2D eigenvalue weighted by Gasteiger charge is -2.39. The number of rotatable bonds is 5. The maximum absolute atomic E-state index is 13.3. The summed E-state index contributed by atoms with van der Waals surface area (Å²) in [6.45, 7) is 0.799. The SMILES string of the molecule is COc1nccnc1N1CCC(Oc2cccc(F)c2)(C(=O)O)CC1. The fourth-order valence-corrected chi connectivity index (χ4v) is 2.87. The number of ether oxygens (including phenoxy) is 2. The topological polar surface area (TPSA) is 84.8 Å². The van der Waals surface area contributed by atoms with Crippen molar-refractivity contribution in [3.05, 3.63) is 42.5 Å². The van der Waals surface area contributed by atoms with E-state index in [4.69, 9.17) is 9.47 Å². The van der Waals surface area contributed by atoms with Crippen molar-refractivity contribution in [2.45, 2.75) is 18.4 Å². The molecule has 1 fully saturated rings. The number of nitrogens with zero attached hydrogens (tertiary/aromatic N) is 3. The van der Waals surface area contributed by atoms with Gasteiger partial charge in [0.1, 0.15) is 11.6 Å². The van der Waals surface area contributed by atoms with Gasteiger partial charge in [-0.1, -0.05) is 6.07 Å². The van der Waals surface area contributed by atoms with Crippen LogP contribution < -0.4 is 14.4 Å². The number of hydrogen-bond donors (Lipinski definition) is 1. The first kappa shape index (κ1) is 16.9. The van der Waals surface area contributed by atoms with Crippen molar-refractivity contribution in [2.75, 3.05) is 25.1 Å². The number of hydrogen-bond acceptors (Lipinski definition) is 6. The second-order valence-electron chi connectivity index (χ2n) is 5.74. The molecule has 0 atom stereocenters. The molecule has 0 bridgehead atoms. The van der Waals surface area contributed by atoms with Crippen molar-refractivity contribution in [2.24, 2.45) is 0 Å². The maximum Gasteiger partial charge on any atom is 0.348 e. The van der Waals surface area contributed by atoms with Crippen LogP contribution in [0.2, 0.25) is 0 Å². The molecule has 0 aliphatic carbocycles. The van der Waals surface area contributed by atoms with Crippen LogP contribution in [0.5, 0.6) is 11.6 Å². The Balaban J connectivity index is 1.78. The van der Waals surface area contributed by atoms with Gasteiger partial charge in [0.15, 0.2) is 5.82 Å². The summed E-state index contributed by atoms with van der Waals surface area (Å²) in [6, 6.07) is 5.50. The van der Waals surface area contributed by atoms with Gasteiger partial charge in [-0.05, 0) is 12.1 Å². The molecule has 3 rings (SSSR count). The van der Waals surface area contributed by atoms with Crippen LogP contribution in [0, 0.1) is 5.82 Å². The lowest BCUT2D eigenvalue weighted by Crippen LogP contribution is -2.53. The van der Waals surface area contributed by atoms with Crippen LogP contribution >= 0.6 is 0 Å². The number of benzene rings is 1. The molecule has 0 radical (unpaired) electrons. The largest absolute Gasteiger partial charge is 0.478 e. The van der Waals surface area contributed by atoms with Crippen molar-refractivity contribution >= 4 is 11.8 Å². The average molecular weight is 347 g/mol. The highest BCUT2D eigenvalue weighted by Gasteiger charge is 2.44. The number of aromatic nitrogens is 2. The van der Waals surface area contributed by atoms with Crippen molar-refractivity contribution in [1.82, 2.24) is 9.97 Å². The number of carboxylic acid groups (broad SMARTS) is 1. The van der Waals surface area contributed by atoms with Crippen molar-refractivity contribution in [3.63, 3.8) is 0 Å². The Morgan fingerprint density at radius 2 is 2.00 bits per heavy atom. The molecule has 25 heavy (non-hydrogen) atoms. The van der Waals surface area contributed by atoms with Gasteiger partial charge in [0.25, 0.3) is 5.88 Å². The minimum absolute atomic E-state index is 0.202. The summed E-state index contributed by atoms with van der Waals surface area (Å²) in [5.41, 5.74) is -1.40. The van der Waals surface area contributed by atoms with E-state index in [9.17, 15) is 14.3 Å². The molecule has 1 saturated heterocycles. The number of methoxy groups -OCH3 is 1. The highest BCUT2D eigenvalue weighted by molar-refractivity contribution is 5.78. The van der Waals surface area contributed by atoms with Crippen LogP contribution in [0.3, 0.4) is 0 Å². The molecule has 0 amide bonds. The summed E-state index contributed by atoms with van der Waals surface area (Å²) < 4.78 is 24.2. The number of piperidine rings is 1. The zero-order valence-corrected chi connectivity index (χ0v) is 13.7. The minimum Gasteiger partial charge on any atom is -0.478 e.